The number of esters is 1. The van der Waals surface area contributed by atoms with Crippen LogP contribution in [0.5, 0.6) is 0 Å². The second-order valence-corrected chi connectivity index (χ2v) is 2.31. The highest BCUT2D eigenvalue weighted by atomic mass is 19.1. The predicted molar refractivity (Wildman–Crippen MR) is 41.6 cm³/mol. The zero-order valence-electron chi connectivity index (χ0n) is 7.26. The monoisotopic (exact) mass is 188 g/mol. The molecule has 0 aromatic carbocycles. The molecule has 0 rings (SSSR count). The van der Waals surface area contributed by atoms with E-state index < -0.39 is 17.6 Å². The van der Waals surface area contributed by atoms with Gasteiger partial charge in [-0.05, 0) is 13.8 Å². The van der Waals surface area contributed by atoms with Crippen LogP contribution in [0, 0.1) is 11.8 Å². The molecule has 13 heavy (non-hydrogen) atoms. The molecule has 0 heterocycles. The second kappa shape index (κ2) is 4.45. The van der Waals surface area contributed by atoms with E-state index in [0.29, 0.717) is 6.92 Å². The second-order valence-electron chi connectivity index (χ2n) is 2.31. The molecule has 0 spiro atoms. The Balaban J connectivity index is 4.23. The van der Waals surface area contributed by atoms with Gasteiger partial charge in [-0.15, -0.1) is 5.92 Å². The molecule has 1 N–H and O–H groups in total. The van der Waals surface area contributed by atoms with Gasteiger partial charge in [0, 0.05) is 0 Å². The van der Waals surface area contributed by atoms with Crippen molar-refractivity contribution < 1.29 is 23.8 Å². The summed E-state index contributed by atoms with van der Waals surface area (Å²) in [7, 11) is 0. The van der Waals surface area contributed by atoms with Crippen molar-refractivity contribution in [2.75, 3.05) is 6.61 Å². The van der Waals surface area contributed by atoms with Crippen LogP contribution in [0.4, 0.5) is 4.39 Å². The lowest BCUT2D eigenvalue weighted by atomic mass is 10.1. The summed E-state index contributed by atoms with van der Waals surface area (Å²) < 4.78 is 17.2. The standard InChI is InChI=1S/C8H9FO4/c1-3-4-5-13-7(12)8(2,9)6(10)11/h5H2,1-2H3,(H,10,11). The van der Waals surface area contributed by atoms with Crippen molar-refractivity contribution in [2.24, 2.45) is 0 Å². The van der Waals surface area contributed by atoms with Crippen LogP contribution in [0.25, 0.3) is 0 Å². The molecule has 0 aliphatic heterocycles. The minimum atomic E-state index is -3.00. The molecule has 4 nitrogen and oxygen atoms in total. The first-order chi connectivity index (χ1) is 5.92. The van der Waals surface area contributed by atoms with E-state index in [0.717, 1.165) is 0 Å². The maximum Gasteiger partial charge on any atom is 0.356 e. The molecule has 0 bridgehead atoms. The van der Waals surface area contributed by atoms with Crippen LogP contribution in [-0.2, 0) is 14.3 Å². The predicted octanol–water partition coefficient (Wildman–Crippen LogP) is 0.366. The maximum atomic E-state index is 12.9. The van der Waals surface area contributed by atoms with Gasteiger partial charge >= 0.3 is 11.9 Å². The largest absolute Gasteiger partial charge is 0.478 e. The normalized spacial score (nSPS) is 13.5. The number of carbonyl (C=O) groups excluding carboxylic acids is 1. The molecule has 0 radical (unpaired) electrons. The van der Waals surface area contributed by atoms with Gasteiger partial charge in [-0.3, -0.25) is 0 Å². The van der Waals surface area contributed by atoms with E-state index in [1.807, 2.05) is 0 Å². The van der Waals surface area contributed by atoms with E-state index in [2.05, 4.69) is 16.6 Å². The van der Waals surface area contributed by atoms with Crippen LogP contribution >= 0.6 is 0 Å². The molecular formula is C8H9FO4. The third-order valence-electron chi connectivity index (χ3n) is 1.24. The molecule has 1 atom stereocenters. The molecule has 0 fully saturated rings. The van der Waals surface area contributed by atoms with Crippen molar-refractivity contribution in [3.8, 4) is 11.8 Å². The minimum absolute atomic E-state index is 0.303. The number of halogens is 1. The Hall–Kier alpha value is -1.57. The highest BCUT2D eigenvalue weighted by molar-refractivity contribution is 6.02. The average Bonchev–Trinajstić information content (AvgIpc) is 2.04. The van der Waals surface area contributed by atoms with Crippen molar-refractivity contribution in [3.63, 3.8) is 0 Å². The molecule has 0 aromatic heterocycles. The van der Waals surface area contributed by atoms with Gasteiger partial charge in [0.2, 0.25) is 0 Å². The number of rotatable bonds is 3. The Labute approximate surface area is 74.7 Å². The number of carbonyl (C=O) groups is 2. The lowest BCUT2D eigenvalue weighted by Gasteiger charge is -2.11. The maximum absolute atomic E-state index is 12.9. The van der Waals surface area contributed by atoms with E-state index in [1.54, 1.807) is 0 Å². The lowest BCUT2D eigenvalue weighted by molar-refractivity contribution is -0.168. The summed E-state index contributed by atoms with van der Waals surface area (Å²) in [5, 5.41) is 8.26. The van der Waals surface area contributed by atoms with Crippen LogP contribution in [0.3, 0.4) is 0 Å². The molecule has 0 saturated heterocycles. The highest BCUT2D eigenvalue weighted by Crippen LogP contribution is 2.12. The van der Waals surface area contributed by atoms with Crippen LogP contribution in [0.1, 0.15) is 13.8 Å². The summed E-state index contributed by atoms with van der Waals surface area (Å²) in [6, 6.07) is 0. The summed E-state index contributed by atoms with van der Waals surface area (Å²) >= 11 is 0. The SMILES string of the molecule is CC#CCOC(=O)C(C)(F)C(=O)O. The van der Waals surface area contributed by atoms with Gasteiger partial charge in [-0.25, -0.2) is 14.0 Å². The number of carboxylic acids is 1. The van der Waals surface area contributed by atoms with Crippen LogP contribution < -0.4 is 0 Å². The molecule has 5 heteroatoms. The molecule has 0 amide bonds. The molecule has 0 aliphatic carbocycles. The first kappa shape index (κ1) is 11.4. The molecule has 72 valence electrons. The fourth-order valence-electron chi connectivity index (χ4n) is 0.397. The van der Waals surface area contributed by atoms with Gasteiger partial charge in [0.1, 0.15) is 0 Å². The third-order valence-corrected chi connectivity index (χ3v) is 1.24. The Morgan fingerprint density at radius 3 is 2.54 bits per heavy atom. The Kier molecular flexibility index (Phi) is 3.92. The number of aliphatic carboxylic acids is 1. The number of carboxylic acid groups (broad SMARTS) is 1. The Morgan fingerprint density at radius 2 is 2.15 bits per heavy atom. The van der Waals surface area contributed by atoms with Crippen LogP contribution in [0.15, 0.2) is 0 Å². The molecular weight excluding hydrogens is 179 g/mol. The van der Waals surface area contributed by atoms with Crippen LogP contribution in [0.2, 0.25) is 0 Å². The number of ether oxygens (including phenoxy) is 1. The van der Waals surface area contributed by atoms with Gasteiger partial charge in [-0.2, -0.15) is 0 Å². The minimum Gasteiger partial charge on any atom is -0.478 e. The summed E-state index contributed by atoms with van der Waals surface area (Å²) in [5.41, 5.74) is -3.00. The number of hydrogen-bond acceptors (Lipinski definition) is 3. The van der Waals surface area contributed by atoms with E-state index >= 15 is 0 Å². The van der Waals surface area contributed by atoms with E-state index in [-0.39, 0.29) is 6.61 Å². The van der Waals surface area contributed by atoms with Crippen molar-refractivity contribution in [1.29, 1.82) is 0 Å². The highest BCUT2D eigenvalue weighted by Gasteiger charge is 2.43. The van der Waals surface area contributed by atoms with Crippen molar-refractivity contribution in [2.45, 2.75) is 19.5 Å². The zero-order valence-corrected chi connectivity index (χ0v) is 7.26. The molecule has 0 aliphatic rings. The number of alkyl halides is 1. The topological polar surface area (TPSA) is 63.6 Å². The van der Waals surface area contributed by atoms with Gasteiger partial charge in [0.25, 0.3) is 5.67 Å². The van der Waals surface area contributed by atoms with E-state index in [1.165, 1.54) is 6.92 Å². The molecule has 0 saturated carbocycles. The van der Waals surface area contributed by atoms with Gasteiger partial charge < -0.3 is 9.84 Å². The summed E-state index contributed by atoms with van der Waals surface area (Å²) in [5.74, 6) is 1.43. The molecule has 0 aromatic rings. The average molecular weight is 188 g/mol. The summed E-state index contributed by atoms with van der Waals surface area (Å²) in [6.45, 7) is 1.83. The van der Waals surface area contributed by atoms with Gasteiger partial charge in [0.15, 0.2) is 6.61 Å². The third kappa shape index (κ3) is 3.11. The van der Waals surface area contributed by atoms with Gasteiger partial charge in [0.05, 0.1) is 0 Å². The Morgan fingerprint density at radius 1 is 1.62 bits per heavy atom. The van der Waals surface area contributed by atoms with Crippen molar-refractivity contribution in [1.82, 2.24) is 0 Å². The van der Waals surface area contributed by atoms with Crippen molar-refractivity contribution in [3.05, 3.63) is 0 Å². The Bertz CT molecular complexity index is 272. The summed E-state index contributed by atoms with van der Waals surface area (Å²) in [4.78, 5) is 20.9. The smallest absolute Gasteiger partial charge is 0.356 e. The quantitative estimate of drug-likeness (QED) is 0.394. The molecule has 1 unspecified atom stereocenters. The lowest BCUT2D eigenvalue weighted by Crippen LogP contribution is -2.40. The zero-order chi connectivity index (χ0) is 10.5. The first-order valence-electron chi connectivity index (χ1n) is 3.42. The number of hydrogen-bond donors (Lipinski definition) is 1. The summed E-state index contributed by atoms with van der Waals surface area (Å²) in [6.07, 6.45) is 0. The van der Waals surface area contributed by atoms with Gasteiger partial charge in [-0.1, -0.05) is 5.92 Å². The van der Waals surface area contributed by atoms with E-state index in [4.69, 9.17) is 5.11 Å². The van der Waals surface area contributed by atoms with Crippen molar-refractivity contribution >= 4 is 11.9 Å². The first-order valence-corrected chi connectivity index (χ1v) is 3.42. The fourth-order valence-corrected chi connectivity index (χ4v) is 0.397. The fraction of sp³-hybridized carbons (Fsp3) is 0.500. The van der Waals surface area contributed by atoms with Crippen LogP contribution in [-0.4, -0.2) is 29.3 Å². The van der Waals surface area contributed by atoms with E-state index in [9.17, 15) is 14.0 Å².